The highest BCUT2D eigenvalue weighted by Crippen LogP contribution is 2.32. The van der Waals surface area contributed by atoms with Crippen molar-refractivity contribution in [3.05, 3.63) is 93.0 Å². The molecule has 172 valence electrons. The number of nitriles is 1. The van der Waals surface area contributed by atoms with Crippen molar-refractivity contribution in [2.75, 3.05) is 18.1 Å². The molecule has 0 aliphatic carbocycles. The van der Waals surface area contributed by atoms with Crippen LogP contribution in [0, 0.1) is 11.3 Å². The molecule has 7 heteroatoms. The molecule has 0 bridgehead atoms. The zero-order valence-electron chi connectivity index (χ0n) is 18.6. The number of anilines is 1. The summed E-state index contributed by atoms with van der Waals surface area (Å²) in [5.74, 6) is 0.726. The fourth-order valence-corrected chi connectivity index (χ4v) is 4.26. The van der Waals surface area contributed by atoms with Gasteiger partial charge < -0.3 is 14.4 Å². The van der Waals surface area contributed by atoms with Crippen LogP contribution in [0.5, 0.6) is 11.5 Å². The van der Waals surface area contributed by atoms with Gasteiger partial charge in [-0.15, -0.1) is 0 Å². The number of amides is 1. The number of para-hydroxylation sites is 1. The molecule has 0 atom stereocenters. The molecule has 3 aromatic rings. The SMILES string of the molecule is CCOc1cc(C=C(C#N)C(=O)N2CCc3ccccc32)ccc1OCc1ccc(Cl)cc1Cl. The van der Waals surface area contributed by atoms with E-state index < -0.39 is 0 Å². The molecule has 0 unspecified atom stereocenters. The molecular weight excluding hydrogens is 471 g/mol. The summed E-state index contributed by atoms with van der Waals surface area (Å²) >= 11 is 12.2. The molecule has 0 N–H and O–H groups in total. The van der Waals surface area contributed by atoms with Crippen LogP contribution in [0.15, 0.2) is 66.2 Å². The summed E-state index contributed by atoms with van der Waals surface area (Å²) in [6.45, 7) is 3.10. The van der Waals surface area contributed by atoms with Crippen molar-refractivity contribution in [1.29, 1.82) is 5.26 Å². The van der Waals surface area contributed by atoms with E-state index >= 15 is 0 Å². The molecule has 0 radical (unpaired) electrons. The van der Waals surface area contributed by atoms with Gasteiger partial charge in [0.25, 0.3) is 5.91 Å². The number of carbonyl (C=O) groups excluding carboxylic acids is 1. The number of benzene rings is 3. The van der Waals surface area contributed by atoms with E-state index in [1.165, 1.54) is 0 Å². The van der Waals surface area contributed by atoms with E-state index in [2.05, 4.69) is 6.07 Å². The van der Waals surface area contributed by atoms with Gasteiger partial charge in [-0.05, 0) is 60.9 Å². The summed E-state index contributed by atoms with van der Waals surface area (Å²) in [7, 11) is 0. The predicted molar refractivity (Wildman–Crippen MR) is 134 cm³/mol. The lowest BCUT2D eigenvalue weighted by atomic mass is 10.1. The summed E-state index contributed by atoms with van der Waals surface area (Å²) in [4.78, 5) is 14.7. The summed E-state index contributed by atoms with van der Waals surface area (Å²) in [5, 5.41) is 10.8. The monoisotopic (exact) mass is 492 g/mol. The molecule has 0 saturated heterocycles. The van der Waals surface area contributed by atoms with E-state index in [-0.39, 0.29) is 18.1 Å². The van der Waals surface area contributed by atoms with Gasteiger partial charge in [-0.1, -0.05) is 53.5 Å². The molecule has 0 saturated carbocycles. The average molecular weight is 493 g/mol. The number of carbonyl (C=O) groups is 1. The zero-order valence-corrected chi connectivity index (χ0v) is 20.1. The Balaban J connectivity index is 1.56. The maximum atomic E-state index is 13.1. The first-order valence-electron chi connectivity index (χ1n) is 10.8. The predicted octanol–water partition coefficient (Wildman–Crippen LogP) is 6.47. The normalized spacial score (nSPS) is 12.8. The van der Waals surface area contributed by atoms with Crippen molar-refractivity contribution in [3.63, 3.8) is 0 Å². The third-order valence-corrected chi connectivity index (χ3v) is 6.05. The molecule has 1 heterocycles. The van der Waals surface area contributed by atoms with Crippen LogP contribution in [-0.2, 0) is 17.8 Å². The molecule has 5 nitrogen and oxygen atoms in total. The van der Waals surface area contributed by atoms with Gasteiger partial charge >= 0.3 is 0 Å². The van der Waals surface area contributed by atoms with Crippen LogP contribution in [0.2, 0.25) is 10.0 Å². The van der Waals surface area contributed by atoms with E-state index in [9.17, 15) is 10.1 Å². The van der Waals surface area contributed by atoms with Crippen molar-refractivity contribution in [2.45, 2.75) is 20.0 Å². The number of fused-ring (bicyclic) bond motifs is 1. The van der Waals surface area contributed by atoms with E-state index in [1.54, 1.807) is 41.3 Å². The number of hydrogen-bond donors (Lipinski definition) is 0. The Hall–Kier alpha value is -3.46. The summed E-state index contributed by atoms with van der Waals surface area (Å²) < 4.78 is 11.7. The number of halogens is 2. The van der Waals surface area contributed by atoms with Crippen molar-refractivity contribution in [1.82, 2.24) is 0 Å². The molecule has 34 heavy (non-hydrogen) atoms. The number of ether oxygens (including phenoxy) is 2. The quantitative estimate of drug-likeness (QED) is 0.280. The third-order valence-electron chi connectivity index (χ3n) is 5.46. The van der Waals surface area contributed by atoms with Crippen LogP contribution in [0.25, 0.3) is 6.08 Å². The molecule has 0 fully saturated rings. The van der Waals surface area contributed by atoms with Gasteiger partial charge in [-0.25, -0.2) is 0 Å². The Labute approximate surface area is 208 Å². The maximum absolute atomic E-state index is 13.1. The Morgan fingerprint density at radius 3 is 2.68 bits per heavy atom. The Morgan fingerprint density at radius 1 is 1.09 bits per heavy atom. The summed E-state index contributed by atoms with van der Waals surface area (Å²) in [6, 6.07) is 20.3. The van der Waals surface area contributed by atoms with E-state index in [1.807, 2.05) is 37.3 Å². The number of nitrogens with zero attached hydrogens (tertiary/aromatic N) is 2. The second kappa shape index (κ2) is 10.6. The topological polar surface area (TPSA) is 62.6 Å². The van der Waals surface area contributed by atoms with Crippen LogP contribution in [0.4, 0.5) is 5.69 Å². The first kappa shape index (κ1) is 23.7. The lowest BCUT2D eigenvalue weighted by Gasteiger charge is -2.17. The molecule has 0 aromatic heterocycles. The smallest absolute Gasteiger partial charge is 0.268 e. The Morgan fingerprint density at radius 2 is 1.91 bits per heavy atom. The second-order valence-corrected chi connectivity index (χ2v) is 8.51. The minimum Gasteiger partial charge on any atom is -0.490 e. The van der Waals surface area contributed by atoms with Crippen molar-refractivity contribution in [3.8, 4) is 17.6 Å². The highest BCUT2D eigenvalue weighted by atomic mass is 35.5. The van der Waals surface area contributed by atoms with Gasteiger partial charge in [0.2, 0.25) is 0 Å². The molecular formula is C27H22Cl2N2O3. The van der Waals surface area contributed by atoms with Gasteiger partial charge in [-0.3, -0.25) is 4.79 Å². The first-order chi connectivity index (χ1) is 16.5. The van der Waals surface area contributed by atoms with Gasteiger partial charge in [0.05, 0.1) is 6.61 Å². The van der Waals surface area contributed by atoms with E-state index in [0.717, 1.165) is 23.2 Å². The fourth-order valence-electron chi connectivity index (χ4n) is 3.80. The largest absolute Gasteiger partial charge is 0.490 e. The molecule has 0 spiro atoms. The highest BCUT2D eigenvalue weighted by Gasteiger charge is 2.26. The van der Waals surface area contributed by atoms with Gasteiger partial charge in [0.15, 0.2) is 11.5 Å². The van der Waals surface area contributed by atoms with Crippen LogP contribution < -0.4 is 14.4 Å². The van der Waals surface area contributed by atoms with Crippen molar-refractivity contribution >= 4 is 40.9 Å². The van der Waals surface area contributed by atoms with Gasteiger partial charge in [0.1, 0.15) is 18.2 Å². The maximum Gasteiger partial charge on any atom is 0.268 e. The van der Waals surface area contributed by atoms with E-state index in [4.69, 9.17) is 32.7 Å². The molecule has 1 aliphatic heterocycles. The Kier molecular flexibility index (Phi) is 7.42. The van der Waals surface area contributed by atoms with Crippen molar-refractivity contribution < 1.29 is 14.3 Å². The lowest BCUT2D eigenvalue weighted by molar-refractivity contribution is -0.114. The molecule has 1 aliphatic rings. The van der Waals surface area contributed by atoms with E-state index in [0.29, 0.717) is 40.3 Å². The number of rotatable bonds is 7. The molecule has 3 aromatic carbocycles. The molecule has 4 rings (SSSR count). The van der Waals surface area contributed by atoms with Gasteiger partial charge in [-0.2, -0.15) is 5.26 Å². The van der Waals surface area contributed by atoms with Crippen LogP contribution >= 0.6 is 23.2 Å². The first-order valence-corrected chi connectivity index (χ1v) is 11.6. The zero-order chi connectivity index (χ0) is 24.1. The van der Waals surface area contributed by atoms with Crippen molar-refractivity contribution in [2.24, 2.45) is 0 Å². The minimum atomic E-state index is -0.317. The standard InChI is InChI=1S/C27H22Cl2N2O3/c1-2-33-26-14-18(7-10-25(26)34-17-20-8-9-22(28)15-23(20)29)13-21(16-30)27(32)31-12-11-19-5-3-4-6-24(19)31/h3-10,13-15H,2,11-12,17H2,1H3. The molecule has 1 amide bonds. The van der Waals surface area contributed by atoms with Crippen LogP contribution in [0.3, 0.4) is 0 Å². The van der Waals surface area contributed by atoms with Crippen LogP contribution in [-0.4, -0.2) is 19.1 Å². The minimum absolute atomic E-state index is 0.0563. The lowest BCUT2D eigenvalue weighted by Crippen LogP contribution is -2.29. The van der Waals surface area contributed by atoms with Crippen LogP contribution in [0.1, 0.15) is 23.6 Å². The van der Waals surface area contributed by atoms with Gasteiger partial charge in [0, 0.05) is 27.8 Å². The summed E-state index contributed by atoms with van der Waals surface area (Å²) in [6.07, 6.45) is 2.35. The number of hydrogen-bond acceptors (Lipinski definition) is 4. The second-order valence-electron chi connectivity index (χ2n) is 7.67. The highest BCUT2D eigenvalue weighted by molar-refractivity contribution is 6.35. The fraction of sp³-hybridized carbons (Fsp3) is 0.185. The third kappa shape index (κ3) is 5.20. The average Bonchev–Trinajstić information content (AvgIpc) is 3.27. The Bertz CT molecular complexity index is 1300. The summed E-state index contributed by atoms with van der Waals surface area (Å²) in [5.41, 5.74) is 3.47.